The fourth-order valence-corrected chi connectivity index (χ4v) is 24.9. The number of hydrogen-bond donors (Lipinski definition) is 0. The minimum absolute atomic E-state index is 1.11. The lowest BCUT2D eigenvalue weighted by Gasteiger charge is -2.06. The molecule has 0 fully saturated rings. The molecule has 0 N–H and O–H groups in total. The third kappa shape index (κ3) is 20.7. The molecule has 0 bridgehead atoms. The average molecular weight is 930 g/mol. The zero-order chi connectivity index (χ0) is 30.9. The summed E-state index contributed by atoms with van der Waals surface area (Å²) in [7, 11) is 7.37. The van der Waals surface area contributed by atoms with Gasteiger partial charge in [-0.05, 0) is 0 Å². The Morgan fingerprint density at radius 3 is 0.773 bits per heavy atom. The SMILES string of the molecule is S=c1ssc2c1SCCSCCSCCSCCSCCSc1ssc(=S)c1SCCSCCSCCSCCSCCS2. The van der Waals surface area contributed by atoms with Gasteiger partial charge in [0.25, 0.3) is 0 Å². The maximum atomic E-state index is 5.67. The molecule has 2 aromatic heterocycles. The van der Waals surface area contributed by atoms with Crippen LogP contribution in [0.3, 0.4) is 0 Å². The van der Waals surface area contributed by atoms with Gasteiger partial charge in [-0.15, -0.1) is 47.0 Å². The van der Waals surface area contributed by atoms with Crippen LogP contribution in [0.25, 0.3) is 0 Å². The molecular formula is C26H40S18. The monoisotopic (exact) mass is 928 g/mol. The normalized spacial score (nSPS) is 20.7. The fraction of sp³-hybridized carbons (Fsp3) is 0.769. The summed E-state index contributed by atoms with van der Waals surface area (Å²) in [5.74, 6) is 25.0. The highest BCUT2D eigenvalue weighted by atomic mass is 32.9. The molecule has 0 atom stereocenters. The Bertz CT molecular complexity index is 989. The number of thioether (sulfide) groups is 12. The van der Waals surface area contributed by atoms with E-state index in [0.717, 1.165) is 7.65 Å². The lowest BCUT2D eigenvalue weighted by atomic mass is 10.8. The summed E-state index contributed by atoms with van der Waals surface area (Å²) in [6.45, 7) is 0. The van der Waals surface area contributed by atoms with Crippen molar-refractivity contribution in [3.8, 4) is 0 Å². The Morgan fingerprint density at radius 2 is 0.500 bits per heavy atom. The second kappa shape index (κ2) is 30.2. The largest absolute Gasteiger partial charge is 0.160 e. The summed E-state index contributed by atoms with van der Waals surface area (Å²) >= 11 is 36.4. The highest BCUT2D eigenvalue weighted by molar-refractivity contribution is 8.09. The quantitative estimate of drug-likeness (QED) is 0.182. The Hall–Kier alpha value is 4.74. The molecule has 0 spiro atoms. The molecule has 252 valence electrons. The predicted molar refractivity (Wildman–Crippen MR) is 248 cm³/mol. The van der Waals surface area contributed by atoms with Crippen molar-refractivity contribution in [1.29, 1.82) is 0 Å². The number of fused-ring (bicyclic) bond motifs is 2. The van der Waals surface area contributed by atoms with Gasteiger partial charge in [-0.25, -0.2) is 0 Å². The van der Waals surface area contributed by atoms with Crippen LogP contribution in [0.15, 0.2) is 18.2 Å². The van der Waals surface area contributed by atoms with Crippen LogP contribution in [-0.2, 0) is 0 Å². The summed E-state index contributed by atoms with van der Waals surface area (Å²) < 4.78 is 5.15. The highest BCUT2D eigenvalue weighted by Crippen LogP contribution is 2.41. The molecule has 1 aliphatic rings. The Morgan fingerprint density at radius 1 is 0.273 bits per heavy atom. The molecular weight excluding hydrogens is 889 g/mol. The van der Waals surface area contributed by atoms with Gasteiger partial charge in [-0.3, -0.25) is 0 Å². The van der Waals surface area contributed by atoms with Crippen molar-refractivity contribution in [2.75, 3.05) is 115 Å². The summed E-state index contributed by atoms with van der Waals surface area (Å²) in [4.78, 5) is 2.79. The van der Waals surface area contributed by atoms with Crippen molar-refractivity contribution in [2.24, 2.45) is 0 Å². The zero-order valence-corrected chi connectivity index (χ0v) is 39.2. The number of rotatable bonds is 0. The predicted octanol–water partition coefficient (Wildman–Crippen LogP) is 13.3. The first kappa shape index (κ1) is 43.1. The van der Waals surface area contributed by atoms with Gasteiger partial charge >= 0.3 is 0 Å². The van der Waals surface area contributed by atoms with E-state index in [4.69, 9.17) is 24.4 Å². The Balaban J connectivity index is 1.32. The maximum Gasteiger partial charge on any atom is 0.116 e. The minimum Gasteiger partial charge on any atom is -0.160 e. The van der Waals surface area contributed by atoms with Crippen molar-refractivity contribution in [3.63, 3.8) is 0 Å². The first-order valence-corrected chi connectivity index (χ1v) is 32.4. The molecule has 3 heterocycles. The lowest BCUT2D eigenvalue weighted by molar-refractivity contribution is 1.36. The van der Waals surface area contributed by atoms with E-state index in [1.54, 1.807) is 20.7 Å². The molecule has 0 saturated carbocycles. The minimum atomic E-state index is 1.11. The Labute approximate surface area is 342 Å². The van der Waals surface area contributed by atoms with Crippen LogP contribution in [-0.4, -0.2) is 115 Å². The van der Waals surface area contributed by atoms with Crippen LogP contribution < -0.4 is 0 Å². The molecule has 1 aliphatic heterocycles. The van der Waals surface area contributed by atoms with Crippen molar-refractivity contribution in [1.82, 2.24) is 0 Å². The van der Waals surface area contributed by atoms with Gasteiger partial charge < -0.3 is 0 Å². The van der Waals surface area contributed by atoms with E-state index in [1.807, 2.05) is 67.7 Å². The average Bonchev–Trinajstić information content (AvgIpc) is 3.56. The second-order valence-corrected chi connectivity index (χ2v) is 28.8. The summed E-state index contributed by atoms with van der Waals surface area (Å²) in [6, 6.07) is 0. The molecule has 0 aliphatic carbocycles. The van der Waals surface area contributed by atoms with Gasteiger partial charge in [0.05, 0.1) is 18.2 Å². The number of hydrogen-bond acceptors (Lipinski definition) is 18. The topological polar surface area (TPSA) is 0 Å². The summed E-state index contributed by atoms with van der Waals surface area (Å²) in [5.41, 5.74) is 0. The molecule has 3 rings (SSSR count). The molecule has 2 aromatic rings. The van der Waals surface area contributed by atoms with Crippen molar-refractivity contribution in [3.05, 3.63) is 7.65 Å². The standard InChI is InChI=1S/C26H40S18/c27-23-21-25(43-41-23)40-20-16-36-12-8-32-4-2-30-6-10-34-14-18-38-22-24(28)42-44-26(22)39-19-15-35-11-7-31-3-1-29-5-9-33-13-17-37-21/h1-20H2. The van der Waals surface area contributed by atoms with E-state index < -0.39 is 0 Å². The summed E-state index contributed by atoms with van der Waals surface area (Å²) in [6.07, 6.45) is 0. The first-order valence-electron chi connectivity index (χ1n) is 14.1. The van der Waals surface area contributed by atoms with Crippen molar-refractivity contribution in [2.45, 2.75) is 18.2 Å². The van der Waals surface area contributed by atoms with Gasteiger partial charge in [-0.1, -0.05) is 65.8 Å². The summed E-state index contributed by atoms with van der Waals surface area (Å²) in [5, 5.41) is 0. The van der Waals surface area contributed by atoms with E-state index in [-0.39, 0.29) is 0 Å². The third-order valence-electron chi connectivity index (χ3n) is 5.23. The van der Waals surface area contributed by atoms with Gasteiger partial charge in [0.15, 0.2) is 0 Å². The molecule has 44 heavy (non-hydrogen) atoms. The van der Waals surface area contributed by atoms with Crippen molar-refractivity contribution < 1.29 is 0 Å². The van der Waals surface area contributed by atoms with E-state index in [9.17, 15) is 0 Å². The van der Waals surface area contributed by atoms with Gasteiger partial charge in [0.2, 0.25) is 0 Å². The molecule has 18 heteroatoms. The van der Waals surface area contributed by atoms with Gasteiger partial charge in [-0.2, -0.15) is 94.1 Å². The van der Waals surface area contributed by atoms with Crippen LogP contribution in [0, 0.1) is 7.65 Å². The van der Waals surface area contributed by atoms with E-state index in [0.29, 0.717) is 0 Å². The lowest BCUT2D eigenvalue weighted by Crippen LogP contribution is -1.95. The second-order valence-electron chi connectivity index (χ2n) is 8.43. The van der Waals surface area contributed by atoms with Crippen LogP contribution >= 0.6 is 207 Å². The maximum absolute atomic E-state index is 5.67. The van der Waals surface area contributed by atoms with Gasteiger partial charge in [0.1, 0.15) is 7.65 Å². The molecule has 0 radical (unpaired) electrons. The smallest absolute Gasteiger partial charge is 0.116 e. The first-order chi connectivity index (χ1) is 21.8. The molecule has 0 amide bonds. The molecule has 0 nitrogen and oxygen atoms in total. The molecule has 0 aromatic carbocycles. The van der Waals surface area contributed by atoms with Crippen LogP contribution in [0.4, 0.5) is 0 Å². The molecule has 0 saturated heterocycles. The Kier molecular flexibility index (Phi) is 29.6. The van der Waals surface area contributed by atoms with E-state index in [1.165, 1.54) is 133 Å². The van der Waals surface area contributed by atoms with Crippen LogP contribution in [0.5, 0.6) is 0 Å². The highest BCUT2D eigenvalue weighted by Gasteiger charge is 2.11. The fourth-order valence-electron chi connectivity index (χ4n) is 3.20. The zero-order valence-electron chi connectivity index (χ0n) is 24.5. The molecule has 0 unspecified atom stereocenters. The van der Waals surface area contributed by atoms with Crippen LogP contribution in [0.1, 0.15) is 0 Å². The van der Waals surface area contributed by atoms with Crippen LogP contribution in [0.2, 0.25) is 0 Å². The third-order valence-corrected chi connectivity index (χ3v) is 28.2. The van der Waals surface area contributed by atoms with Gasteiger partial charge in [0, 0.05) is 115 Å². The van der Waals surface area contributed by atoms with E-state index >= 15 is 0 Å². The van der Waals surface area contributed by atoms with Crippen molar-refractivity contribution >= 4 is 207 Å². The van der Waals surface area contributed by atoms with E-state index in [2.05, 4.69) is 94.1 Å².